The second-order valence-electron chi connectivity index (χ2n) is 4.24. The van der Waals surface area contributed by atoms with Crippen LogP contribution in [0.5, 0.6) is 5.75 Å². The van der Waals surface area contributed by atoms with Gasteiger partial charge in [-0.2, -0.15) is 13.2 Å². The van der Waals surface area contributed by atoms with Crippen LogP contribution in [0.4, 0.5) is 13.2 Å². The van der Waals surface area contributed by atoms with Gasteiger partial charge in [-0.15, -0.1) is 0 Å². The molecule has 0 amide bonds. The zero-order chi connectivity index (χ0) is 12.7. The number of nitrogens with one attached hydrogen (secondary N) is 1. The van der Waals surface area contributed by atoms with Crippen molar-refractivity contribution in [2.45, 2.75) is 24.6 Å². The van der Waals surface area contributed by atoms with E-state index < -0.39 is 11.7 Å². The lowest BCUT2D eigenvalue weighted by molar-refractivity contribution is -0.138. The lowest BCUT2D eigenvalue weighted by Crippen LogP contribution is -2.25. The molecule has 17 heavy (non-hydrogen) atoms. The molecule has 1 fully saturated rings. The van der Waals surface area contributed by atoms with Gasteiger partial charge in [0.15, 0.2) is 0 Å². The maximum absolute atomic E-state index is 12.8. The number of alkyl halides is 3. The molecule has 0 spiro atoms. The van der Waals surface area contributed by atoms with Gasteiger partial charge in [0.05, 0.1) is 12.7 Å². The Kier molecular flexibility index (Phi) is 2.81. The third-order valence-electron chi connectivity index (χ3n) is 3.29. The van der Waals surface area contributed by atoms with Crippen LogP contribution >= 0.6 is 0 Å². The number of hydrogen-bond acceptors (Lipinski definition) is 2. The van der Waals surface area contributed by atoms with Gasteiger partial charge in [-0.1, -0.05) is 6.07 Å². The lowest BCUT2D eigenvalue weighted by atomic mass is 10.0. The van der Waals surface area contributed by atoms with Crippen LogP contribution < -0.4 is 10.1 Å². The molecule has 0 heterocycles. The van der Waals surface area contributed by atoms with E-state index >= 15 is 0 Å². The van der Waals surface area contributed by atoms with E-state index in [4.69, 9.17) is 4.74 Å². The fourth-order valence-electron chi connectivity index (χ4n) is 2.04. The van der Waals surface area contributed by atoms with E-state index in [0.29, 0.717) is 5.56 Å². The van der Waals surface area contributed by atoms with Crippen molar-refractivity contribution < 1.29 is 17.9 Å². The van der Waals surface area contributed by atoms with Crippen LogP contribution in [0.25, 0.3) is 0 Å². The third-order valence-corrected chi connectivity index (χ3v) is 3.29. The molecule has 1 aromatic rings. The van der Waals surface area contributed by atoms with E-state index in [2.05, 4.69) is 5.32 Å². The van der Waals surface area contributed by atoms with Crippen LogP contribution in [-0.2, 0) is 11.7 Å². The van der Waals surface area contributed by atoms with E-state index in [1.807, 2.05) is 0 Å². The summed E-state index contributed by atoms with van der Waals surface area (Å²) in [6, 6.07) is 4.26. The summed E-state index contributed by atoms with van der Waals surface area (Å²) < 4.78 is 43.2. The second kappa shape index (κ2) is 3.91. The molecule has 1 N–H and O–H groups in total. The van der Waals surface area contributed by atoms with Crippen LogP contribution in [0, 0.1) is 0 Å². The van der Waals surface area contributed by atoms with Gasteiger partial charge in [0, 0.05) is 5.54 Å². The fraction of sp³-hybridized carbons (Fsp3) is 0.500. The minimum Gasteiger partial charge on any atom is -0.496 e. The van der Waals surface area contributed by atoms with Gasteiger partial charge in [0.2, 0.25) is 0 Å². The molecule has 0 bridgehead atoms. The molecule has 1 aliphatic carbocycles. The summed E-state index contributed by atoms with van der Waals surface area (Å²) in [5.41, 5.74) is -0.307. The highest BCUT2D eigenvalue weighted by Crippen LogP contribution is 2.47. The quantitative estimate of drug-likeness (QED) is 0.884. The highest BCUT2D eigenvalue weighted by atomic mass is 19.4. The molecular weight excluding hydrogens is 231 g/mol. The minimum atomic E-state index is -4.38. The van der Waals surface area contributed by atoms with E-state index in [0.717, 1.165) is 12.8 Å². The van der Waals surface area contributed by atoms with Crippen molar-refractivity contribution in [3.05, 3.63) is 29.3 Å². The maximum Gasteiger partial charge on any atom is 0.419 e. The van der Waals surface area contributed by atoms with Crippen molar-refractivity contribution in [1.29, 1.82) is 0 Å². The lowest BCUT2D eigenvalue weighted by Gasteiger charge is -2.18. The Morgan fingerprint density at radius 2 is 1.94 bits per heavy atom. The Morgan fingerprint density at radius 3 is 2.35 bits per heavy atom. The number of ether oxygens (including phenoxy) is 1. The summed E-state index contributed by atoms with van der Waals surface area (Å²) in [5, 5.41) is 3.08. The highest BCUT2D eigenvalue weighted by Gasteiger charge is 2.44. The highest BCUT2D eigenvalue weighted by molar-refractivity contribution is 5.43. The summed E-state index contributed by atoms with van der Waals surface area (Å²) in [7, 11) is 3.01. The molecule has 2 rings (SSSR count). The summed E-state index contributed by atoms with van der Waals surface area (Å²) in [5.74, 6) is -0.131. The topological polar surface area (TPSA) is 21.3 Å². The van der Waals surface area contributed by atoms with E-state index in [-0.39, 0.29) is 11.3 Å². The Balaban J connectivity index is 2.46. The van der Waals surface area contributed by atoms with Crippen LogP contribution in [0.2, 0.25) is 0 Å². The normalized spacial score (nSPS) is 17.9. The van der Waals surface area contributed by atoms with Crippen molar-refractivity contribution in [3.8, 4) is 5.75 Å². The number of halogens is 3. The first-order chi connectivity index (χ1) is 7.93. The number of hydrogen-bond donors (Lipinski definition) is 1. The largest absolute Gasteiger partial charge is 0.496 e. The standard InChI is InChI=1S/C12H14F3NO/c1-16-11(5-6-11)8-3-4-10(17-2)9(7-8)12(13,14)15/h3-4,7,16H,5-6H2,1-2H3. The molecule has 1 aromatic carbocycles. The molecule has 0 unspecified atom stereocenters. The predicted octanol–water partition coefficient (Wildman–Crippen LogP) is 2.92. The van der Waals surface area contributed by atoms with Gasteiger partial charge < -0.3 is 10.1 Å². The Labute approximate surface area is 97.8 Å². The first kappa shape index (κ1) is 12.2. The molecular formula is C12H14F3NO. The Hall–Kier alpha value is -1.23. The first-order valence-electron chi connectivity index (χ1n) is 5.37. The van der Waals surface area contributed by atoms with Crippen LogP contribution in [0.1, 0.15) is 24.0 Å². The predicted molar refractivity (Wildman–Crippen MR) is 58.0 cm³/mol. The average molecular weight is 245 g/mol. The smallest absolute Gasteiger partial charge is 0.419 e. The average Bonchev–Trinajstić information content (AvgIpc) is 3.08. The second-order valence-corrected chi connectivity index (χ2v) is 4.24. The number of benzene rings is 1. The van der Waals surface area contributed by atoms with Crippen molar-refractivity contribution >= 4 is 0 Å². The summed E-state index contributed by atoms with van der Waals surface area (Å²) >= 11 is 0. The molecule has 94 valence electrons. The Bertz CT molecular complexity index is 424. The SMILES string of the molecule is CNC1(c2ccc(OC)c(C(F)(F)F)c2)CC1. The van der Waals surface area contributed by atoms with Gasteiger partial charge in [0.25, 0.3) is 0 Å². The molecule has 5 heteroatoms. The van der Waals surface area contributed by atoms with Gasteiger partial charge in [0.1, 0.15) is 5.75 Å². The summed E-state index contributed by atoms with van der Waals surface area (Å²) in [6.45, 7) is 0. The van der Waals surface area contributed by atoms with Crippen LogP contribution in [0.15, 0.2) is 18.2 Å². The molecule has 0 atom stereocenters. The molecule has 0 saturated heterocycles. The van der Waals surface area contributed by atoms with E-state index in [1.54, 1.807) is 13.1 Å². The molecule has 2 nitrogen and oxygen atoms in total. The first-order valence-corrected chi connectivity index (χ1v) is 5.37. The third kappa shape index (κ3) is 2.11. The van der Waals surface area contributed by atoms with E-state index in [1.165, 1.54) is 19.2 Å². The van der Waals surface area contributed by atoms with E-state index in [9.17, 15) is 13.2 Å². The summed E-state index contributed by atoms with van der Waals surface area (Å²) in [4.78, 5) is 0. The molecule has 0 aliphatic heterocycles. The molecule has 0 radical (unpaired) electrons. The van der Waals surface area contributed by atoms with Crippen LogP contribution in [-0.4, -0.2) is 14.2 Å². The number of rotatable bonds is 3. The van der Waals surface area contributed by atoms with Crippen molar-refractivity contribution in [1.82, 2.24) is 5.32 Å². The molecule has 1 aliphatic rings. The fourth-order valence-corrected chi connectivity index (χ4v) is 2.04. The van der Waals surface area contributed by atoms with Crippen molar-refractivity contribution in [3.63, 3.8) is 0 Å². The maximum atomic E-state index is 12.8. The van der Waals surface area contributed by atoms with Gasteiger partial charge in [-0.25, -0.2) is 0 Å². The van der Waals surface area contributed by atoms with Crippen LogP contribution in [0.3, 0.4) is 0 Å². The van der Waals surface area contributed by atoms with Gasteiger partial charge in [-0.05, 0) is 37.6 Å². The van der Waals surface area contributed by atoms with Gasteiger partial charge in [-0.3, -0.25) is 0 Å². The zero-order valence-corrected chi connectivity index (χ0v) is 9.69. The van der Waals surface area contributed by atoms with Crippen molar-refractivity contribution in [2.24, 2.45) is 0 Å². The summed E-state index contributed by atoms with van der Waals surface area (Å²) in [6.07, 6.45) is -2.65. The van der Waals surface area contributed by atoms with Crippen molar-refractivity contribution in [2.75, 3.05) is 14.2 Å². The van der Waals surface area contributed by atoms with Gasteiger partial charge >= 0.3 is 6.18 Å². The molecule has 0 aromatic heterocycles. The number of methoxy groups -OCH3 is 1. The minimum absolute atomic E-state index is 0.131. The molecule has 1 saturated carbocycles. The zero-order valence-electron chi connectivity index (χ0n) is 9.69. The monoisotopic (exact) mass is 245 g/mol. The Morgan fingerprint density at radius 1 is 1.29 bits per heavy atom.